The van der Waals surface area contributed by atoms with Crippen LogP contribution in [0.5, 0.6) is 5.75 Å². The zero-order valence-corrected chi connectivity index (χ0v) is 11.5. The molecule has 19 heavy (non-hydrogen) atoms. The van der Waals surface area contributed by atoms with Gasteiger partial charge in [0.15, 0.2) is 0 Å². The molecule has 0 amide bonds. The summed E-state index contributed by atoms with van der Waals surface area (Å²) in [7, 11) is 1.39. The molecule has 0 saturated carbocycles. The van der Waals surface area contributed by atoms with E-state index in [4.69, 9.17) is 4.74 Å². The highest BCUT2D eigenvalue weighted by Gasteiger charge is 2.25. The lowest BCUT2D eigenvalue weighted by Crippen LogP contribution is -2.20. The maximum atomic E-state index is 13.5. The van der Waals surface area contributed by atoms with Crippen molar-refractivity contribution >= 4 is 11.8 Å². The Hall–Kier alpha value is -1.91. The highest BCUT2D eigenvalue weighted by molar-refractivity contribution is 6.41. The Bertz CT molecular complexity index is 494. The first-order chi connectivity index (χ1) is 8.92. The Labute approximate surface area is 111 Å². The summed E-state index contributed by atoms with van der Waals surface area (Å²) < 4.78 is 23.2. The van der Waals surface area contributed by atoms with Crippen LogP contribution in [0.3, 0.4) is 0 Å². The molecule has 0 saturated heterocycles. The number of hydrogen-bond donors (Lipinski definition) is 0. The van der Waals surface area contributed by atoms with Crippen LogP contribution in [-0.4, -0.2) is 25.5 Å². The first kappa shape index (κ1) is 15.1. The summed E-state index contributed by atoms with van der Waals surface area (Å²) in [5.74, 6) is -2.32. The molecule has 4 nitrogen and oxygen atoms in total. The number of halogens is 1. The topological polar surface area (TPSA) is 52.6 Å². The van der Waals surface area contributed by atoms with Crippen molar-refractivity contribution in [2.24, 2.45) is 0 Å². The van der Waals surface area contributed by atoms with E-state index in [1.165, 1.54) is 13.2 Å². The van der Waals surface area contributed by atoms with Gasteiger partial charge in [0.1, 0.15) is 11.6 Å². The number of methoxy groups -OCH3 is 1. The smallest absolute Gasteiger partial charge is 0.379 e. The molecule has 0 radical (unpaired) electrons. The number of esters is 1. The quantitative estimate of drug-likeness (QED) is 0.468. The van der Waals surface area contributed by atoms with Crippen LogP contribution in [-0.2, 0) is 9.53 Å². The normalized spacial score (nSPS) is 10.4. The third kappa shape index (κ3) is 3.30. The SMILES string of the molecule is CCOC(=O)C(=O)c1cc(F)cc(OC)c1C(C)C. The van der Waals surface area contributed by atoms with Gasteiger partial charge >= 0.3 is 5.97 Å². The number of Topliss-reactive ketones (excluding diaryl/α,β-unsaturated/α-hetero) is 1. The third-order valence-corrected chi connectivity index (χ3v) is 2.61. The summed E-state index contributed by atoms with van der Waals surface area (Å²) in [5.41, 5.74) is 0.493. The van der Waals surface area contributed by atoms with Gasteiger partial charge in [-0.05, 0) is 18.9 Å². The number of hydrogen-bond acceptors (Lipinski definition) is 4. The van der Waals surface area contributed by atoms with Gasteiger partial charge < -0.3 is 9.47 Å². The summed E-state index contributed by atoms with van der Waals surface area (Å²) in [4.78, 5) is 23.5. The van der Waals surface area contributed by atoms with E-state index in [0.29, 0.717) is 5.56 Å². The van der Waals surface area contributed by atoms with Crippen LogP contribution < -0.4 is 4.74 Å². The minimum Gasteiger partial charge on any atom is -0.496 e. The second kappa shape index (κ2) is 6.31. The van der Waals surface area contributed by atoms with Gasteiger partial charge in [-0.15, -0.1) is 0 Å². The Morgan fingerprint density at radius 2 is 1.95 bits per heavy atom. The molecule has 1 aromatic rings. The third-order valence-electron chi connectivity index (χ3n) is 2.61. The van der Waals surface area contributed by atoms with E-state index in [1.54, 1.807) is 6.92 Å². The Balaban J connectivity index is 3.36. The standard InChI is InChI=1S/C14H17FO4/c1-5-19-14(17)13(16)10-6-9(15)7-11(18-4)12(10)8(2)3/h6-8H,5H2,1-4H3. The Kier molecular flexibility index (Phi) is 5.03. The lowest BCUT2D eigenvalue weighted by Gasteiger charge is -2.16. The van der Waals surface area contributed by atoms with E-state index < -0.39 is 17.6 Å². The van der Waals surface area contributed by atoms with Gasteiger partial charge in [0.25, 0.3) is 5.78 Å². The van der Waals surface area contributed by atoms with Crippen LogP contribution in [0.15, 0.2) is 12.1 Å². The molecular formula is C14H17FO4. The number of ether oxygens (including phenoxy) is 2. The van der Waals surface area contributed by atoms with Crippen LogP contribution in [0, 0.1) is 5.82 Å². The van der Waals surface area contributed by atoms with Crippen LogP contribution in [0.25, 0.3) is 0 Å². The van der Waals surface area contributed by atoms with Gasteiger partial charge in [-0.2, -0.15) is 0 Å². The molecule has 0 atom stereocenters. The molecule has 0 fully saturated rings. The monoisotopic (exact) mass is 268 g/mol. The fraction of sp³-hybridized carbons (Fsp3) is 0.429. The van der Waals surface area contributed by atoms with Crippen molar-refractivity contribution in [2.75, 3.05) is 13.7 Å². The number of ketones is 1. The molecule has 104 valence electrons. The maximum Gasteiger partial charge on any atom is 0.379 e. The molecule has 0 bridgehead atoms. The second-order valence-corrected chi connectivity index (χ2v) is 4.27. The van der Waals surface area contributed by atoms with E-state index in [-0.39, 0.29) is 23.8 Å². The minimum absolute atomic E-state index is 0.00898. The largest absolute Gasteiger partial charge is 0.496 e. The summed E-state index contributed by atoms with van der Waals surface area (Å²) >= 11 is 0. The maximum absolute atomic E-state index is 13.5. The summed E-state index contributed by atoms with van der Waals surface area (Å²) in [6.45, 7) is 5.35. The van der Waals surface area contributed by atoms with Crippen molar-refractivity contribution < 1.29 is 23.5 Å². The van der Waals surface area contributed by atoms with Crippen molar-refractivity contribution in [1.29, 1.82) is 0 Å². The zero-order valence-electron chi connectivity index (χ0n) is 11.5. The number of benzene rings is 1. The lowest BCUT2D eigenvalue weighted by molar-refractivity contribution is -0.137. The molecule has 1 aromatic carbocycles. The average molecular weight is 268 g/mol. The molecule has 0 aliphatic carbocycles. The number of rotatable bonds is 5. The van der Waals surface area contributed by atoms with Gasteiger partial charge in [0, 0.05) is 17.2 Å². The van der Waals surface area contributed by atoms with E-state index in [2.05, 4.69) is 4.74 Å². The summed E-state index contributed by atoms with van der Waals surface area (Å²) in [5, 5.41) is 0. The van der Waals surface area contributed by atoms with Crippen LogP contribution in [0.1, 0.15) is 42.6 Å². The highest BCUT2D eigenvalue weighted by Crippen LogP contribution is 2.31. The predicted molar refractivity (Wildman–Crippen MR) is 68.0 cm³/mol. The van der Waals surface area contributed by atoms with E-state index in [9.17, 15) is 14.0 Å². The molecule has 0 aromatic heterocycles. The Morgan fingerprint density at radius 1 is 1.32 bits per heavy atom. The molecule has 0 unspecified atom stereocenters. The van der Waals surface area contributed by atoms with E-state index >= 15 is 0 Å². The van der Waals surface area contributed by atoms with Crippen molar-refractivity contribution in [3.8, 4) is 5.75 Å². The molecule has 5 heteroatoms. The fourth-order valence-corrected chi connectivity index (χ4v) is 1.85. The lowest BCUT2D eigenvalue weighted by atomic mass is 9.93. The Morgan fingerprint density at radius 3 is 2.42 bits per heavy atom. The van der Waals surface area contributed by atoms with Gasteiger partial charge in [-0.1, -0.05) is 13.8 Å². The van der Waals surface area contributed by atoms with E-state index in [1.807, 2.05) is 13.8 Å². The first-order valence-electron chi connectivity index (χ1n) is 6.01. The van der Waals surface area contributed by atoms with Crippen LogP contribution in [0.2, 0.25) is 0 Å². The first-order valence-corrected chi connectivity index (χ1v) is 6.01. The molecule has 0 aliphatic heterocycles. The molecular weight excluding hydrogens is 251 g/mol. The van der Waals surface area contributed by atoms with Crippen molar-refractivity contribution in [1.82, 2.24) is 0 Å². The molecule has 0 spiro atoms. The van der Waals surface area contributed by atoms with Crippen molar-refractivity contribution in [2.45, 2.75) is 26.7 Å². The summed E-state index contributed by atoms with van der Waals surface area (Å²) in [6.07, 6.45) is 0. The van der Waals surface area contributed by atoms with Crippen molar-refractivity contribution in [3.63, 3.8) is 0 Å². The van der Waals surface area contributed by atoms with E-state index in [0.717, 1.165) is 6.07 Å². The molecule has 0 aliphatic rings. The molecule has 0 N–H and O–H groups in total. The average Bonchev–Trinajstić information content (AvgIpc) is 2.36. The van der Waals surface area contributed by atoms with Crippen molar-refractivity contribution in [3.05, 3.63) is 29.1 Å². The predicted octanol–water partition coefficient (Wildman–Crippen LogP) is 2.70. The fourth-order valence-electron chi connectivity index (χ4n) is 1.85. The van der Waals surface area contributed by atoms with Gasteiger partial charge in [-0.3, -0.25) is 4.79 Å². The zero-order chi connectivity index (χ0) is 14.6. The minimum atomic E-state index is -0.989. The van der Waals surface area contributed by atoms with Gasteiger partial charge in [0.05, 0.1) is 13.7 Å². The number of carbonyl (C=O) groups is 2. The summed E-state index contributed by atoms with van der Waals surface area (Å²) in [6, 6.07) is 2.23. The van der Waals surface area contributed by atoms with Gasteiger partial charge in [0.2, 0.25) is 0 Å². The van der Waals surface area contributed by atoms with Gasteiger partial charge in [-0.25, -0.2) is 9.18 Å². The number of carbonyl (C=O) groups excluding carboxylic acids is 2. The van der Waals surface area contributed by atoms with Crippen LogP contribution in [0.4, 0.5) is 4.39 Å². The highest BCUT2D eigenvalue weighted by atomic mass is 19.1. The molecule has 1 rings (SSSR count). The van der Waals surface area contributed by atoms with Crippen LogP contribution >= 0.6 is 0 Å². The molecule has 0 heterocycles. The second-order valence-electron chi connectivity index (χ2n) is 4.27.